The summed E-state index contributed by atoms with van der Waals surface area (Å²) in [7, 11) is 0. The van der Waals surface area contributed by atoms with Gasteiger partial charge in [-0.05, 0) is 12.5 Å². The number of rotatable bonds is 5. The first kappa shape index (κ1) is 12.4. The van der Waals surface area contributed by atoms with Crippen molar-refractivity contribution in [1.29, 1.82) is 0 Å². The summed E-state index contributed by atoms with van der Waals surface area (Å²) in [5.41, 5.74) is 1.11. The molecule has 1 unspecified atom stereocenters. The predicted octanol–water partition coefficient (Wildman–Crippen LogP) is 2.15. The second kappa shape index (κ2) is 6.00. The summed E-state index contributed by atoms with van der Waals surface area (Å²) >= 11 is 0. The summed E-state index contributed by atoms with van der Waals surface area (Å²) < 4.78 is 1.93. The van der Waals surface area contributed by atoms with Crippen LogP contribution >= 0.6 is 0 Å². The molecule has 1 heterocycles. The molecule has 0 saturated carbocycles. The molecule has 1 aromatic heterocycles. The van der Waals surface area contributed by atoms with E-state index in [9.17, 15) is 4.79 Å². The smallest absolute Gasteiger partial charge is 0.222 e. The number of hydrogen-bond donors (Lipinski definition) is 1. The van der Waals surface area contributed by atoms with E-state index in [0.29, 0.717) is 13.0 Å². The van der Waals surface area contributed by atoms with Crippen LogP contribution in [-0.2, 0) is 11.3 Å². The minimum absolute atomic E-state index is 0.0556. The lowest BCUT2D eigenvalue weighted by molar-refractivity contribution is -0.121. The fourth-order valence-corrected chi connectivity index (χ4v) is 1.77. The Bertz CT molecular complexity index is 479. The molecule has 1 amide bonds. The lowest BCUT2D eigenvalue weighted by atomic mass is 10.2. The first-order valence-electron chi connectivity index (χ1n) is 6.04. The number of aromatic nitrogens is 2. The third kappa shape index (κ3) is 3.45. The summed E-state index contributed by atoms with van der Waals surface area (Å²) in [6.45, 7) is 2.58. The Hall–Kier alpha value is -2.10. The van der Waals surface area contributed by atoms with Crippen molar-refractivity contribution in [3.05, 3.63) is 54.6 Å². The molecule has 0 aliphatic carbocycles. The molecular weight excluding hydrogens is 226 g/mol. The van der Waals surface area contributed by atoms with E-state index in [1.807, 2.05) is 48.0 Å². The van der Waals surface area contributed by atoms with Gasteiger partial charge in [0.1, 0.15) is 0 Å². The first-order valence-corrected chi connectivity index (χ1v) is 6.04. The largest absolute Gasteiger partial charge is 0.352 e. The quantitative estimate of drug-likeness (QED) is 0.874. The number of hydrogen-bond acceptors (Lipinski definition) is 2. The molecule has 2 aromatic rings. The van der Waals surface area contributed by atoms with Gasteiger partial charge in [-0.25, -0.2) is 4.98 Å². The second-order valence-electron chi connectivity index (χ2n) is 4.33. The second-order valence-corrected chi connectivity index (χ2v) is 4.33. The van der Waals surface area contributed by atoms with E-state index in [1.165, 1.54) is 0 Å². The van der Waals surface area contributed by atoms with Crippen LogP contribution < -0.4 is 5.32 Å². The van der Waals surface area contributed by atoms with Gasteiger partial charge in [0, 0.05) is 31.4 Å². The van der Waals surface area contributed by atoms with Crippen molar-refractivity contribution in [3.8, 4) is 0 Å². The molecule has 18 heavy (non-hydrogen) atoms. The van der Waals surface area contributed by atoms with Gasteiger partial charge >= 0.3 is 0 Å². The zero-order chi connectivity index (χ0) is 12.8. The van der Waals surface area contributed by atoms with Crippen LogP contribution in [0.5, 0.6) is 0 Å². The highest BCUT2D eigenvalue weighted by atomic mass is 16.1. The lowest BCUT2D eigenvalue weighted by Crippen LogP contribution is -2.25. The Labute approximate surface area is 107 Å². The van der Waals surface area contributed by atoms with Crippen LogP contribution in [0.1, 0.15) is 24.9 Å². The molecule has 0 bridgehead atoms. The minimum atomic E-state index is 0.0556. The maximum absolute atomic E-state index is 11.8. The van der Waals surface area contributed by atoms with Crippen molar-refractivity contribution < 1.29 is 4.79 Å². The lowest BCUT2D eigenvalue weighted by Gasteiger charge is -2.12. The average molecular weight is 243 g/mol. The monoisotopic (exact) mass is 243 g/mol. The van der Waals surface area contributed by atoms with Crippen LogP contribution in [-0.4, -0.2) is 15.5 Å². The van der Waals surface area contributed by atoms with Crippen molar-refractivity contribution >= 4 is 5.91 Å². The molecule has 4 heteroatoms. The number of nitrogens with one attached hydrogen (secondary N) is 1. The van der Waals surface area contributed by atoms with Gasteiger partial charge in [-0.2, -0.15) is 0 Å². The summed E-state index contributed by atoms with van der Waals surface area (Å²) in [6.07, 6.45) is 5.78. The van der Waals surface area contributed by atoms with E-state index in [2.05, 4.69) is 10.3 Å². The van der Waals surface area contributed by atoms with Crippen molar-refractivity contribution in [3.63, 3.8) is 0 Å². The molecule has 0 radical (unpaired) electrons. The fourth-order valence-electron chi connectivity index (χ4n) is 1.77. The molecule has 2 rings (SSSR count). The number of nitrogens with zero attached hydrogens (tertiary/aromatic N) is 2. The van der Waals surface area contributed by atoms with E-state index in [1.54, 1.807) is 12.5 Å². The molecule has 0 aliphatic heterocycles. The third-order valence-corrected chi connectivity index (χ3v) is 2.85. The summed E-state index contributed by atoms with van der Waals surface area (Å²) in [5, 5.41) is 2.92. The summed E-state index contributed by atoms with van der Waals surface area (Å²) in [5.74, 6) is 0.0556. The van der Waals surface area contributed by atoms with Crippen molar-refractivity contribution in [2.75, 3.05) is 0 Å². The van der Waals surface area contributed by atoms with Gasteiger partial charge in [0.05, 0.1) is 6.33 Å². The Morgan fingerprint density at radius 2 is 2.17 bits per heavy atom. The number of carbonyl (C=O) groups is 1. The maximum Gasteiger partial charge on any atom is 0.222 e. The Morgan fingerprint density at radius 3 is 2.83 bits per heavy atom. The number of carbonyl (C=O) groups excluding carboxylic acids is 1. The average Bonchev–Trinajstić information content (AvgIpc) is 2.91. The van der Waals surface area contributed by atoms with Gasteiger partial charge < -0.3 is 9.88 Å². The molecule has 0 saturated heterocycles. The van der Waals surface area contributed by atoms with Gasteiger partial charge in [0.25, 0.3) is 0 Å². The molecule has 94 valence electrons. The third-order valence-electron chi connectivity index (χ3n) is 2.85. The Morgan fingerprint density at radius 1 is 1.39 bits per heavy atom. The normalized spacial score (nSPS) is 12.1. The highest BCUT2D eigenvalue weighted by Crippen LogP contribution is 2.09. The highest BCUT2D eigenvalue weighted by Gasteiger charge is 2.09. The van der Waals surface area contributed by atoms with Crippen LogP contribution in [0.3, 0.4) is 0 Å². The molecule has 1 aromatic carbocycles. The maximum atomic E-state index is 11.8. The van der Waals surface area contributed by atoms with Crippen LogP contribution in [0.25, 0.3) is 0 Å². The standard InChI is InChI=1S/C14H17N3O/c1-12(17-8-7-15-11-17)9-14(18)16-10-13-5-3-2-4-6-13/h2-8,11-12H,9-10H2,1H3,(H,16,18). The fraction of sp³-hybridized carbons (Fsp3) is 0.286. The Balaban J connectivity index is 1.79. The van der Waals surface area contributed by atoms with E-state index in [0.717, 1.165) is 5.56 Å². The Kier molecular flexibility index (Phi) is 4.12. The van der Waals surface area contributed by atoms with Crippen LogP contribution in [0.15, 0.2) is 49.1 Å². The van der Waals surface area contributed by atoms with Gasteiger partial charge in [-0.3, -0.25) is 4.79 Å². The van der Waals surface area contributed by atoms with E-state index in [4.69, 9.17) is 0 Å². The van der Waals surface area contributed by atoms with Crippen LogP contribution in [0, 0.1) is 0 Å². The molecule has 0 spiro atoms. The number of benzene rings is 1. The van der Waals surface area contributed by atoms with Crippen LogP contribution in [0.4, 0.5) is 0 Å². The molecule has 1 atom stereocenters. The molecule has 1 N–H and O–H groups in total. The predicted molar refractivity (Wildman–Crippen MR) is 69.8 cm³/mol. The van der Waals surface area contributed by atoms with Crippen molar-refractivity contribution in [2.24, 2.45) is 0 Å². The summed E-state index contributed by atoms with van der Waals surface area (Å²) in [4.78, 5) is 15.8. The zero-order valence-corrected chi connectivity index (χ0v) is 10.4. The topological polar surface area (TPSA) is 46.9 Å². The molecule has 0 aliphatic rings. The number of imidazole rings is 1. The van der Waals surface area contributed by atoms with Crippen LogP contribution in [0.2, 0.25) is 0 Å². The van der Waals surface area contributed by atoms with Gasteiger partial charge in [-0.1, -0.05) is 30.3 Å². The molecular formula is C14H17N3O. The minimum Gasteiger partial charge on any atom is -0.352 e. The van der Waals surface area contributed by atoms with Gasteiger partial charge in [0.15, 0.2) is 0 Å². The molecule has 0 fully saturated rings. The van der Waals surface area contributed by atoms with Crippen molar-refractivity contribution in [1.82, 2.24) is 14.9 Å². The van der Waals surface area contributed by atoms with E-state index in [-0.39, 0.29) is 11.9 Å². The molecule has 4 nitrogen and oxygen atoms in total. The van der Waals surface area contributed by atoms with E-state index >= 15 is 0 Å². The number of amides is 1. The zero-order valence-electron chi connectivity index (χ0n) is 10.4. The first-order chi connectivity index (χ1) is 8.75. The SMILES string of the molecule is CC(CC(=O)NCc1ccccc1)n1ccnc1. The van der Waals surface area contributed by atoms with Crippen molar-refractivity contribution in [2.45, 2.75) is 25.9 Å². The summed E-state index contributed by atoms with van der Waals surface area (Å²) in [6, 6.07) is 10.0. The van der Waals surface area contributed by atoms with Gasteiger partial charge in [0.2, 0.25) is 5.91 Å². The van der Waals surface area contributed by atoms with Gasteiger partial charge in [-0.15, -0.1) is 0 Å². The van der Waals surface area contributed by atoms with E-state index < -0.39 is 0 Å². The highest BCUT2D eigenvalue weighted by molar-refractivity contribution is 5.76.